The molecule has 2 rings (SSSR count). The monoisotopic (exact) mass is 239 g/mol. The van der Waals surface area contributed by atoms with E-state index in [1.54, 1.807) is 0 Å². The zero-order chi connectivity index (χ0) is 11.5. The number of benzene rings is 1. The highest BCUT2D eigenvalue weighted by atomic mass is 32.2. The molecule has 0 saturated carbocycles. The summed E-state index contributed by atoms with van der Waals surface area (Å²) in [5.41, 5.74) is 1.11. The van der Waals surface area contributed by atoms with Crippen LogP contribution in [0, 0.1) is 0 Å². The van der Waals surface area contributed by atoms with Gasteiger partial charge in [0.2, 0.25) is 0 Å². The molecule has 1 N–H and O–H groups in total. The molecule has 88 valence electrons. The Bertz CT molecular complexity index is 394. The molecule has 1 heterocycles. The van der Waals surface area contributed by atoms with Crippen LogP contribution >= 0.6 is 0 Å². The van der Waals surface area contributed by atoms with Gasteiger partial charge in [-0.1, -0.05) is 25.1 Å². The lowest BCUT2D eigenvalue weighted by Crippen LogP contribution is -2.41. The Morgan fingerprint density at radius 1 is 1.50 bits per heavy atom. The van der Waals surface area contributed by atoms with Gasteiger partial charge in [0.15, 0.2) is 0 Å². The minimum absolute atomic E-state index is 0.0462. The molecule has 16 heavy (non-hydrogen) atoms. The fourth-order valence-electron chi connectivity index (χ4n) is 2.12. The minimum atomic E-state index is -0.838. The molecule has 0 aliphatic carbocycles. The van der Waals surface area contributed by atoms with E-state index in [4.69, 9.17) is 4.74 Å². The molecule has 1 aromatic carbocycles. The van der Waals surface area contributed by atoms with Gasteiger partial charge in [0.1, 0.15) is 12.4 Å². The van der Waals surface area contributed by atoms with E-state index in [9.17, 15) is 4.21 Å². The number of fused-ring (bicyclic) bond motifs is 1. The maximum absolute atomic E-state index is 11.9. The molecule has 3 nitrogen and oxygen atoms in total. The molecule has 0 radical (unpaired) electrons. The summed E-state index contributed by atoms with van der Waals surface area (Å²) in [5, 5.41) is 3.30. The summed E-state index contributed by atoms with van der Waals surface area (Å²) in [6.07, 6.45) is 0. The van der Waals surface area contributed by atoms with Gasteiger partial charge < -0.3 is 10.1 Å². The summed E-state index contributed by atoms with van der Waals surface area (Å²) in [6, 6.07) is 8.08. The number of rotatable bonds is 3. The van der Waals surface area contributed by atoms with Gasteiger partial charge in [-0.25, -0.2) is 0 Å². The molecule has 0 amide bonds. The van der Waals surface area contributed by atoms with E-state index in [1.807, 2.05) is 38.2 Å². The van der Waals surface area contributed by atoms with Crippen LogP contribution in [-0.2, 0) is 10.8 Å². The van der Waals surface area contributed by atoms with Gasteiger partial charge in [0, 0.05) is 22.1 Å². The summed E-state index contributed by atoms with van der Waals surface area (Å²) >= 11 is 0. The Balaban J connectivity index is 2.33. The third-order valence-electron chi connectivity index (χ3n) is 2.96. The molecule has 0 bridgehead atoms. The third kappa shape index (κ3) is 1.99. The first-order valence-electron chi connectivity index (χ1n) is 5.54. The summed E-state index contributed by atoms with van der Waals surface area (Å²) in [5.74, 6) is 1.58. The largest absolute Gasteiger partial charge is 0.492 e. The smallest absolute Gasteiger partial charge is 0.124 e. The third-order valence-corrected chi connectivity index (χ3v) is 4.61. The molecule has 3 atom stereocenters. The van der Waals surface area contributed by atoms with E-state index in [-0.39, 0.29) is 11.3 Å². The average molecular weight is 239 g/mol. The second-order valence-corrected chi connectivity index (χ2v) is 5.77. The molecule has 4 heteroatoms. The Hall–Kier alpha value is -0.870. The van der Waals surface area contributed by atoms with Crippen molar-refractivity contribution in [2.24, 2.45) is 0 Å². The van der Waals surface area contributed by atoms with E-state index in [0.29, 0.717) is 12.4 Å². The Labute approximate surface area is 98.7 Å². The molecule has 1 aliphatic heterocycles. The van der Waals surface area contributed by atoms with Crippen molar-refractivity contribution < 1.29 is 8.95 Å². The highest BCUT2D eigenvalue weighted by Crippen LogP contribution is 2.33. The van der Waals surface area contributed by atoms with Gasteiger partial charge in [-0.3, -0.25) is 4.21 Å². The Morgan fingerprint density at radius 2 is 2.25 bits per heavy atom. The van der Waals surface area contributed by atoms with Crippen LogP contribution in [0.3, 0.4) is 0 Å². The van der Waals surface area contributed by atoms with Crippen LogP contribution in [0.4, 0.5) is 0 Å². The zero-order valence-electron chi connectivity index (χ0n) is 9.60. The van der Waals surface area contributed by atoms with Gasteiger partial charge in [-0.05, 0) is 13.1 Å². The maximum atomic E-state index is 11.9. The van der Waals surface area contributed by atoms with Crippen molar-refractivity contribution >= 4 is 10.8 Å². The molecule has 0 spiro atoms. The lowest BCUT2D eigenvalue weighted by molar-refractivity contribution is 0.262. The predicted octanol–water partition coefficient (Wildman–Crippen LogP) is 1.48. The second kappa shape index (κ2) is 4.97. The van der Waals surface area contributed by atoms with Crippen LogP contribution in [0.1, 0.15) is 18.5 Å². The average Bonchev–Trinajstić information content (AvgIpc) is 2.36. The number of hydrogen-bond donors (Lipinski definition) is 1. The SMILES string of the molecule is CCS(=O)C1COc2ccccc2C1NC. The quantitative estimate of drug-likeness (QED) is 0.868. The van der Waals surface area contributed by atoms with Gasteiger partial charge in [0.05, 0.1) is 11.3 Å². The highest BCUT2D eigenvalue weighted by Gasteiger charge is 2.32. The topological polar surface area (TPSA) is 38.3 Å². The normalized spacial score (nSPS) is 25.6. The fourth-order valence-corrected chi connectivity index (χ4v) is 3.35. The van der Waals surface area contributed by atoms with Crippen LogP contribution in [0.25, 0.3) is 0 Å². The minimum Gasteiger partial charge on any atom is -0.492 e. The summed E-state index contributed by atoms with van der Waals surface area (Å²) in [4.78, 5) is 0. The summed E-state index contributed by atoms with van der Waals surface area (Å²) in [7, 11) is 1.07. The molecular weight excluding hydrogens is 222 g/mol. The molecule has 0 aromatic heterocycles. The molecule has 3 unspecified atom stereocenters. The molecule has 0 saturated heterocycles. The first-order chi connectivity index (χ1) is 7.77. The van der Waals surface area contributed by atoms with Crippen LogP contribution in [0.2, 0.25) is 0 Å². The zero-order valence-corrected chi connectivity index (χ0v) is 10.4. The van der Waals surface area contributed by atoms with Gasteiger partial charge in [0.25, 0.3) is 0 Å². The number of ether oxygens (including phenoxy) is 1. The lowest BCUT2D eigenvalue weighted by Gasteiger charge is -2.32. The van der Waals surface area contributed by atoms with E-state index in [0.717, 1.165) is 11.3 Å². The van der Waals surface area contributed by atoms with Crippen LogP contribution < -0.4 is 10.1 Å². The van der Waals surface area contributed by atoms with Crippen molar-refractivity contribution in [3.05, 3.63) is 29.8 Å². The van der Waals surface area contributed by atoms with Gasteiger partial charge >= 0.3 is 0 Å². The van der Waals surface area contributed by atoms with Crippen LogP contribution in [0.5, 0.6) is 5.75 Å². The number of para-hydroxylation sites is 1. The van der Waals surface area contributed by atoms with Crippen LogP contribution in [-0.4, -0.2) is 28.9 Å². The van der Waals surface area contributed by atoms with Crippen LogP contribution in [0.15, 0.2) is 24.3 Å². The van der Waals surface area contributed by atoms with Crippen molar-refractivity contribution in [2.45, 2.75) is 18.2 Å². The summed E-state index contributed by atoms with van der Waals surface area (Å²) < 4.78 is 17.6. The van der Waals surface area contributed by atoms with Crippen molar-refractivity contribution in [1.82, 2.24) is 5.32 Å². The standard InChI is InChI=1S/C12H17NO2S/c1-3-16(14)11-8-15-10-7-5-4-6-9(10)12(11)13-2/h4-7,11-13H,3,8H2,1-2H3. The fraction of sp³-hybridized carbons (Fsp3) is 0.500. The summed E-state index contributed by atoms with van der Waals surface area (Å²) in [6.45, 7) is 2.48. The molecule has 0 fully saturated rings. The number of nitrogens with one attached hydrogen (secondary N) is 1. The van der Waals surface area contributed by atoms with Gasteiger partial charge in [-0.15, -0.1) is 0 Å². The van der Waals surface area contributed by atoms with Crippen molar-refractivity contribution in [3.8, 4) is 5.75 Å². The highest BCUT2D eigenvalue weighted by molar-refractivity contribution is 7.85. The lowest BCUT2D eigenvalue weighted by atomic mass is 10.0. The van der Waals surface area contributed by atoms with Crippen molar-refractivity contribution in [2.75, 3.05) is 19.4 Å². The van der Waals surface area contributed by atoms with E-state index < -0.39 is 10.8 Å². The first kappa shape index (κ1) is 11.6. The van der Waals surface area contributed by atoms with Crippen molar-refractivity contribution in [3.63, 3.8) is 0 Å². The van der Waals surface area contributed by atoms with E-state index in [2.05, 4.69) is 5.32 Å². The second-order valence-electron chi connectivity index (χ2n) is 3.82. The van der Waals surface area contributed by atoms with E-state index >= 15 is 0 Å². The Kier molecular flexibility index (Phi) is 3.61. The number of hydrogen-bond acceptors (Lipinski definition) is 3. The maximum Gasteiger partial charge on any atom is 0.124 e. The molecule has 1 aliphatic rings. The predicted molar refractivity (Wildman–Crippen MR) is 66.2 cm³/mol. The first-order valence-corrected chi connectivity index (χ1v) is 6.92. The molecule has 1 aromatic rings. The van der Waals surface area contributed by atoms with E-state index in [1.165, 1.54) is 0 Å². The Morgan fingerprint density at radius 3 is 2.94 bits per heavy atom. The van der Waals surface area contributed by atoms with Gasteiger partial charge in [-0.2, -0.15) is 0 Å². The van der Waals surface area contributed by atoms with Crippen molar-refractivity contribution in [1.29, 1.82) is 0 Å². The molecular formula is C12H17NO2S.